The Morgan fingerprint density at radius 1 is 1.29 bits per heavy atom. The van der Waals surface area contributed by atoms with Crippen molar-refractivity contribution in [2.75, 3.05) is 6.54 Å². The smallest absolute Gasteiger partial charge is 0.305 e. The maximum atomic E-state index is 11.6. The van der Waals surface area contributed by atoms with E-state index in [1.807, 2.05) is 20.8 Å². The molecule has 17 heavy (non-hydrogen) atoms. The van der Waals surface area contributed by atoms with Crippen molar-refractivity contribution >= 4 is 11.9 Å². The van der Waals surface area contributed by atoms with Gasteiger partial charge in [0.25, 0.3) is 0 Å². The second-order valence-corrected chi connectivity index (χ2v) is 4.90. The summed E-state index contributed by atoms with van der Waals surface area (Å²) in [5, 5.41) is 11.5. The lowest BCUT2D eigenvalue weighted by Crippen LogP contribution is -2.40. The zero-order chi connectivity index (χ0) is 13.4. The molecule has 0 spiro atoms. The summed E-state index contributed by atoms with van der Waals surface area (Å²) >= 11 is 0. The van der Waals surface area contributed by atoms with Crippen LogP contribution in [0.2, 0.25) is 0 Å². The molecule has 0 heterocycles. The van der Waals surface area contributed by atoms with Crippen molar-refractivity contribution in [1.82, 2.24) is 5.32 Å². The Hall–Kier alpha value is -1.10. The summed E-state index contributed by atoms with van der Waals surface area (Å²) in [4.78, 5) is 22.3. The third-order valence-electron chi connectivity index (χ3n) is 2.81. The van der Waals surface area contributed by atoms with Gasteiger partial charge in [-0.05, 0) is 24.8 Å². The summed E-state index contributed by atoms with van der Waals surface area (Å²) in [6, 6.07) is -0.298. The van der Waals surface area contributed by atoms with Crippen molar-refractivity contribution in [3.05, 3.63) is 0 Å². The van der Waals surface area contributed by atoms with Crippen LogP contribution in [0.5, 0.6) is 0 Å². The van der Waals surface area contributed by atoms with Gasteiger partial charge in [0.15, 0.2) is 0 Å². The fourth-order valence-corrected chi connectivity index (χ4v) is 1.42. The Bertz CT molecular complexity index is 254. The van der Waals surface area contributed by atoms with E-state index in [0.29, 0.717) is 18.9 Å². The molecule has 0 bridgehead atoms. The monoisotopic (exact) mass is 244 g/mol. The molecule has 0 saturated carbocycles. The van der Waals surface area contributed by atoms with Crippen molar-refractivity contribution in [3.8, 4) is 0 Å². The van der Waals surface area contributed by atoms with E-state index in [1.165, 1.54) is 0 Å². The second-order valence-electron chi connectivity index (χ2n) is 4.90. The van der Waals surface area contributed by atoms with E-state index >= 15 is 0 Å². The van der Waals surface area contributed by atoms with Crippen LogP contribution in [0.15, 0.2) is 0 Å². The van der Waals surface area contributed by atoms with Gasteiger partial charge in [0.05, 0.1) is 6.42 Å². The lowest BCUT2D eigenvalue weighted by Gasteiger charge is -2.21. The van der Waals surface area contributed by atoms with Gasteiger partial charge in [-0.15, -0.1) is 0 Å². The lowest BCUT2D eigenvalue weighted by molar-refractivity contribution is -0.138. The largest absolute Gasteiger partial charge is 0.481 e. The third-order valence-corrected chi connectivity index (χ3v) is 2.81. The fraction of sp³-hybridized carbons (Fsp3) is 0.833. The molecule has 100 valence electrons. The number of hydrogen-bond acceptors (Lipinski definition) is 3. The number of carbonyl (C=O) groups is 2. The van der Waals surface area contributed by atoms with E-state index < -0.39 is 5.97 Å². The molecule has 0 fully saturated rings. The van der Waals surface area contributed by atoms with E-state index in [2.05, 4.69) is 5.32 Å². The summed E-state index contributed by atoms with van der Waals surface area (Å²) in [6.45, 7) is 6.35. The van der Waals surface area contributed by atoms with Gasteiger partial charge in [-0.3, -0.25) is 9.59 Å². The van der Waals surface area contributed by atoms with Crippen LogP contribution in [-0.4, -0.2) is 29.6 Å². The number of nitrogens with two attached hydrogens (primary N) is 1. The van der Waals surface area contributed by atoms with Crippen LogP contribution in [0.4, 0.5) is 0 Å². The average molecular weight is 244 g/mol. The van der Waals surface area contributed by atoms with Gasteiger partial charge < -0.3 is 16.2 Å². The van der Waals surface area contributed by atoms with Crippen LogP contribution in [-0.2, 0) is 9.59 Å². The first-order valence-electron chi connectivity index (χ1n) is 6.08. The summed E-state index contributed by atoms with van der Waals surface area (Å²) in [5.74, 6) is -0.552. The number of rotatable bonds is 8. The number of carboxylic acid groups (broad SMARTS) is 1. The van der Waals surface area contributed by atoms with Crippen LogP contribution in [0.1, 0.15) is 40.0 Å². The lowest BCUT2D eigenvalue weighted by atomic mass is 10.00. The van der Waals surface area contributed by atoms with Crippen molar-refractivity contribution in [3.63, 3.8) is 0 Å². The molecule has 0 aromatic carbocycles. The van der Waals surface area contributed by atoms with Crippen LogP contribution in [0.3, 0.4) is 0 Å². The van der Waals surface area contributed by atoms with E-state index in [1.54, 1.807) is 0 Å². The number of nitrogens with one attached hydrogen (secondary N) is 1. The summed E-state index contributed by atoms with van der Waals surface area (Å²) in [7, 11) is 0. The van der Waals surface area contributed by atoms with Crippen LogP contribution in [0.25, 0.3) is 0 Å². The normalized spacial score (nSPS) is 14.4. The molecule has 1 amide bonds. The number of carboxylic acids is 1. The van der Waals surface area contributed by atoms with Crippen molar-refractivity contribution in [2.24, 2.45) is 17.6 Å². The standard InChI is InChI=1S/C12H24N2O3/c1-8(2)10(6-12(16)17)14-11(15)5-4-9(3)7-13/h8-10H,4-7,13H2,1-3H3,(H,14,15)(H,16,17). The highest BCUT2D eigenvalue weighted by molar-refractivity contribution is 5.77. The molecule has 0 saturated heterocycles. The SMILES string of the molecule is CC(CN)CCC(=O)NC(CC(=O)O)C(C)C. The molecule has 4 N–H and O–H groups in total. The van der Waals surface area contributed by atoms with Gasteiger partial charge >= 0.3 is 5.97 Å². The molecule has 0 aliphatic carbocycles. The highest BCUT2D eigenvalue weighted by Crippen LogP contribution is 2.08. The van der Waals surface area contributed by atoms with Crippen LogP contribution < -0.4 is 11.1 Å². The van der Waals surface area contributed by atoms with Crippen molar-refractivity contribution < 1.29 is 14.7 Å². The van der Waals surface area contributed by atoms with Gasteiger partial charge in [-0.25, -0.2) is 0 Å². The maximum absolute atomic E-state index is 11.6. The van der Waals surface area contributed by atoms with Gasteiger partial charge in [0.2, 0.25) is 5.91 Å². The number of amides is 1. The van der Waals surface area contributed by atoms with Crippen molar-refractivity contribution in [1.29, 1.82) is 0 Å². The first-order chi connectivity index (χ1) is 7.86. The Kier molecular flexibility index (Phi) is 7.54. The van der Waals surface area contributed by atoms with Crippen LogP contribution in [0, 0.1) is 11.8 Å². The molecule has 0 rings (SSSR count). The second kappa shape index (κ2) is 8.06. The minimum Gasteiger partial charge on any atom is -0.481 e. The number of carbonyl (C=O) groups excluding carboxylic acids is 1. The van der Waals surface area contributed by atoms with E-state index in [-0.39, 0.29) is 24.3 Å². The molecular formula is C12H24N2O3. The molecule has 0 aromatic heterocycles. The Labute approximate surface area is 103 Å². The Balaban J connectivity index is 4.08. The first-order valence-corrected chi connectivity index (χ1v) is 6.08. The highest BCUT2D eigenvalue weighted by Gasteiger charge is 2.19. The van der Waals surface area contributed by atoms with Gasteiger partial charge in [0.1, 0.15) is 0 Å². The first kappa shape index (κ1) is 15.9. The summed E-state index contributed by atoms with van der Waals surface area (Å²) in [6.07, 6.45) is 1.11. The zero-order valence-corrected chi connectivity index (χ0v) is 10.9. The molecule has 5 nitrogen and oxygen atoms in total. The number of hydrogen-bond donors (Lipinski definition) is 3. The molecule has 2 unspecified atom stereocenters. The Morgan fingerprint density at radius 2 is 1.88 bits per heavy atom. The molecule has 2 atom stereocenters. The quantitative estimate of drug-likeness (QED) is 0.593. The van der Waals surface area contributed by atoms with E-state index in [4.69, 9.17) is 10.8 Å². The molecule has 0 aromatic rings. The summed E-state index contributed by atoms with van der Waals surface area (Å²) in [5.41, 5.74) is 5.46. The maximum Gasteiger partial charge on any atom is 0.305 e. The fourth-order valence-electron chi connectivity index (χ4n) is 1.42. The topological polar surface area (TPSA) is 92.4 Å². The Morgan fingerprint density at radius 3 is 2.29 bits per heavy atom. The average Bonchev–Trinajstić information content (AvgIpc) is 2.24. The minimum atomic E-state index is -0.890. The van der Waals surface area contributed by atoms with E-state index in [9.17, 15) is 9.59 Å². The van der Waals surface area contributed by atoms with E-state index in [0.717, 1.165) is 6.42 Å². The molecule has 5 heteroatoms. The summed E-state index contributed by atoms with van der Waals surface area (Å²) < 4.78 is 0. The number of aliphatic carboxylic acids is 1. The predicted octanol–water partition coefficient (Wildman–Crippen LogP) is 0.977. The van der Waals surface area contributed by atoms with Crippen LogP contribution >= 0.6 is 0 Å². The molecular weight excluding hydrogens is 220 g/mol. The zero-order valence-electron chi connectivity index (χ0n) is 10.9. The van der Waals surface area contributed by atoms with Crippen molar-refractivity contribution in [2.45, 2.75) is 46.1 Å². The molecule has 0 radical (unpaired) electrons. The third kappa shape index (κ3) is 7.74. The molecule has 0 aliphatic heterocycles. The highest BCUT2D eigenvalue weighted by atomic mass is 16.4. The molecule has 0 aliphatic rings. The predicted molar refractivity (Wildman–Crippen MR) is 66.5 cm³/mol. The van der Waals surface area contributed by atoms with Gasteiger partial charge in [-0.1, -0.05) is 20.8 Å². The minimum absolute atomic E-state index is 0.0319. The van der Waals surface area contributed by atoms with Gasteiger partial charge in [0, 0.05) is 12.5 Å². The van der Waals surface area contributed by atoms with Gasteiger partial charge in [-0.2, -0.15) is 0 Å².